The molecule has 27 heavy (non-hydrogen) atoms. The molecule has 1 aromatic carbocycles. The molecule has 0 saturated carbocycles. The normalized spacial score (nSPS) is 12.4. The van der Waals surface area contributed by atoms with Gasteiger partial charge in [0, 0.05) is 42.9 Å². The minimum absolute atomic E-state index is 0. The highest BCUT2D eigenvalue weighted by atomic mass is 127. The van der Waals surface area contributed by atoms with Gasteiger partial charge < -0.3 is 10.6 Å². The molecular weight excluding hydrogens is 471 g/mol. The minimum Gasteiger partial charge on any atom is -0.356 e. The average molecular weight is 496 g/mol. The number of halogens is 1. The Bertz CT molecular complexity index is 852. The number of aromatic nitrogens is 3. The lowest BCUT2D eigenvalue weighted by Gasteiger charge is -2.15. The standard InChI is InChI=1S/C19H24N6S.HI/c1-15(26-16-8-4-3-5-9-16)14-22-19(20-2)21-12-11-18-24-23-17-10-6-7-13-25(17)18;/h3-10,13,15H,11-12,14H2,1-2H3,(H2,20,21,22);1H. The number of aliphatic imine (C=N–C) groups is 1. The Labute approximate surface area is 181 Å². The van der Waals surface area contributed by atoms with E-state index in [1.807, 2.05) is 46.6 Å². The van der Waals surface area contributed by atoms with Crippen LogP contribution in [0.2, 0.25) is 0 Å². The lowest BCUT2D eigenvalue weighted by molar-refractivity contribution is 0.755. The van der Waals surface area contributed by atoms with Gasteiger partial charge in [0.2, 0.25) is 0 Å². The molecule has 0 spiro atoms. The zero-order valence-electron chi connectivity index (χ0n) is 15.5. The molecule has 8 heteroatoms. The van der Waals surface area contributed by atoms with Crippen molar-refractivity contribution in [1.29, 1.82) is 0 Å². The summed E-state index contributed by atoms with van der Waals surface area (Å²) in [4.78, 5) is 5.57. The number of fused-ring (bicyclic) bond motifs is 1. The summed E-state index contributed by atoms with van der Waals surface area (Å²) in [5.41, 5.74) is 0.872. The highest BCUT2D eigenvalue weighted by Gasteiger charge is 2.07. The second-order valence-corrected chi connectivity index (χ2v) is 7.43. The van der Waals surface area contributed by atoms with Crippen molar-refractivity contribution in [3.63, 3.8) is 0 Å². The van der Waals surface area contributed by atoms with E-state index < -0.39 is 0 Å². The minimum atomic E-state index is 0. The predicted octanol–water partition coefficient (Wildman–Crippen LogP) is 3.24. The van der Waals surface area contributed by atoms with Gasteiger partial charge in [-0.3, -0.25) is 9.39 Å². The molecule has 6 nitrogen and oxygen atoms in total. The van der Waals surface area contributed by atoms with Gasteiger partial charge in [-0.2, -0.15) is 0 Å². The molecule has 0 aliphatic carbocycles. The molecule has 0 saturated heterocycles. The first kappa shape index (κ1) is 21.5. The average Bonchev–Trinajstić information content (AvgIpc) is 3.08. The zero-order chi connectivity index (χ0) is 18.2. The maximum atomic E-state index is 4.29. The van der Waals surface area contributed by atoms with E-state index in [-0.39, 0.29) is 24.0 Å². The van der Waals surface area contributed by atoms with Crippen molar-refractivity contribution in [2.75, 3.05) is 20.1 Å². The van der Waals surface area contributed by atoms with Crippen molar-refractivity contribution in [2.45, 2.75) is 23.5 Å². The van der Waals surface area contributed by atoms with Gasteiger partial charge in [-0.15, -0.1) is 45.9 Å². The van der Waals surface area contributed by atoms with E-state index in [0.29, 0.717) is 5.25 Å². The van der Waals surface area contributed by atoms with Gasteiger partial charge in [0.25, 0.3) is 0 Å². The summed E-state index contributed by atoms with van der Waals surface area (Å²) in [5, 5.41) is 15.6. The molecule has 3 rings (SSSR count). The molecule has 0 aliphatic heterocycles. The summed E-state index contributed by atoms with van der Waals surface area (Å²) in [6, 6.07) is 16.3. The van der Waals surface area contributed by atoms with Crippen LogP contribution in [0.3, 0.4) is 0 Å². The molecule has 0 radical (unpaired) electrons. The fourth-order valence-electron chi connectivity index (χ4n) is 2.59. The Morgan fingerprint density at radius 3 is 2.67 bits per heavy atom. The summed E-state index contributed by atoms with van der Waals surface area (Å²) in [5.74, 6) is 1.75. The number of hydrogen-bond acceptors (Lipinski definition) is 4. The lowest BCUT2D eigenvalue weighted by Crippen LogP contribution is -2.40. The second kappa shape index (κ2) is 11.1. The molecule has 2 heterocycles. The largest absolute Gasteiger partial charge is 0.356 e. The van der Waals surface area contributed by atoms with Gasteiger partial charge in [-0.05, 0) is 24.3 Å². The van der Waals surface area contributed by atoms with Crippen LogP contribution in [0, 0.1) is 0 Å². The third-order valence-corrected chi connectivity index (χ3v) is 5.00. The maximum absolute atomic E-state index is 4.29. The summed E-state index contributed by atoms with van der Waals surface area (Å²) < 4.78 is 2.01. The Morgan fingerprint density at radius 1 is 1.11 bits per heavy atom. The molecule has 3 aromatic rings. The maximum Gasteiger partial charge on any atom is 0.191 e. The van der Waals surface area contributed by atoms with Gasteiger partial charge in [0.15, 0.2) is 11.6 Å². The van der Waals surface area contributed by atoms with E-state index in [9.17, 15) is 0 Å². The Balaban J connectivity index is 0.00000261. The number of thioether (sulfide) groups is 1. The van der Waals surface area contributed by atoms with Crippen LogP contribution in [-0.2, 0) is 6.42 Å². The van der Waals surface area contributed by atoms with Crippen LogP contribution in [0.5, 0.6) is 0 Å². The van der Waals surface area contributed by atoms with Crippen molar-refractivity contribution in [2.24, 2.45) is 4.99 Å². The number of guanidine groups is 1. The third kappa shape index (κ3) is 6.39. The van der Waals surface area contributed by atoms with Crippen molar-refractivity contribution >= 4 is 47.3 Å². The first-order chi connectivity index (χ1) is 12.8. The SMILES string of the molecule is CN=C(NCCc1nnc2ccccn12)NCC(C)Sc1ccccc1.I. The monoisotopic (exact) mass is 496 g/mol. The molecule has 1 unspecified atom stereocenters. The van der Waals surface area contributed by atoms with Crippen LogP contribution in [0.1, 0.15) is 12.7 Å². The number of nitrogens with zero attached hydrogens (tertiary/aromatic N) is 4. The van der Waals surface area contributed by atoms with Crippen LogP contribution in [0.15, 0.2) is 64.6 Å². The summed E-state index contributed by atoms with van der Waals surface area (Å²) in [6.45, 7) is 3.79. The van der Waals surface area contributed by atoms with Crippen molar-refractivity contribution < 1.29 is 0 Å². The Kier molecular flexibility index (Phi) is 8.86. The zero-order valence-corrected chi connectivity index (χ0v) is 18.6. The highest BCUT2D eigenvalue weighted by Crippen LogP contribution is 2.21. The molecule has 0 bridgehead atoms. The summed E-state index contributed by atoms with van der Waals surface area (Å²) in [7, 11) is 1.79. The van der Waals surface area contributed by atoms with Crippen LogP contribution in [0.25, 0.3) is 5.65 Å². The smallest absolute Gasteiger partial charge is 0.191 e. The second-order valence-electron chi connectivity index (χ2n) is 5.92. The van der Waals surface area contributed by atoms with Crippen LogP contribution in [-0.4, -0.2) is 45.9 Å². The third-order valence-electron chi connectivity index (χ3n) is 3.89. The number of rotatable bonds is 7. The van der Waals surface area contributed by atoms with Gasteiger partial charge in [0.1, 0.15) is 5.82 Å². The van der Waals surface area contributed by atoms with Crippen LogP contribution in [0.4, 0.5) is 0 Å². The van der Waals surface area contributed by atoms with Gasteiger partial charge in [-0.1, -0.05) is 31.2 Å². The van der Waals surface area contributed by atoms with E-state index >= 15 is 0 Å². The topological polar surface area (TPSA) is 66.6 Å². The van der Waals surface area contributed by atoms with Crippen molar-refractivity contribution in [3.8, 4) is 0 Å². The number of nitrogens with one attached hydrogen (secondary N) is 2. The van der Waals surface area contributed by atoms with Crippen molar-refractivity contribution in [3.05, 3.63) is 60.6 Å². The molecule has 1 atom stereocenters. The quantitative estimate of drug-likeness (QED) is 0.228. The molecule has 2 aromatic heterocycles. The van der Waals surface area contributed by atoms with Gasteiger partial charge in [-0.25, -0.2) is 0 Å². The van der Waals surface area contributed by atoms with Crippen LogP contribution < -0.4 is 10.6 Å². The predicted molar refractivity (Wildman–Crippen MR) is 123 cm³/mol. The fraction of sp³-hybridized carbons (Fsp3) is 0.316. The molecule has 0 amide bonds. The highest BCUT2D eigenvalue weighted by molar-refractivity contribution is 14.0. The molecule has 0 fully saturated rings. The Hall–Kier alpha value is -1.81. The first-order valence-electron chi connectivity index (χ1n) is 8.71. The number of hydrogen-bond donors (Lipinski definition) is 2. The molecule has 0 aliphatic rings. The molecular formula is C19H25IN6S. The first-order valence-corrected chi connectivity index (χ1v) is 9.59. The lowest BCUT2D eigenvalue weighted by atomic mass is 10.4. The van der Waals surface area contributed by atoms with E-state index in [4.69, 9.17) is 0 Å². The van der Waals surface area contributed by atoms with E-state index in [0.717, 1.165) is 36.9 Å². The fourth-order valence-corrected chi connectivity index (χ4v) is 3.53. The summed E-state index contributed by atoms with van der Waals surface area (Å²) in [6.07, 6.45) is 2.76. The number of pyridine rings is 1. The van der Waals surface area contributed by atoms with Crippen molar-refractivity contribution in [1.82, 2.24) is 25.2 Å². The van der Waals surface area contributed by atoms with Crippen LogP contribution >= 0.6 is 35.7 Å². The molecule has 2 N–H and O–H groups in total. The van der Waals surface area contributed by atoms with E-state index in [2.05, 4.69) is 57.0 Å². The number of benzene rings is 1. The Morgan fingerprint density at radius 2 is 1.89 bits per heavy atom. The molecule has 144 valence electrons. The summed E-state index contributed by atoms with van der Waals surface area (Å²) >= 11 is 1.85. The van der Waals surface area contributed by atoms with Gasteiger partial charge >= 0.3 is 0 Å². The van der Waals surface area contributed by atoms with E-state index in [1.54, 1.807) is 7.05 Å². The van der Waals surface area contributed by atoms with Gasteiger partial charge in [0.05, 0.1) is 0 Å². The van der Waals surface area contributed by atoms with E-state index in [1.165, 1.54) is 4.90 Å².